The topological polar surface area (TPSA) is 95.5 Å². The number of carbonyl (C=O) groups excluding carboxylic acids is 1. The molecule has 0 aliphatic rings. The third-order valence-electron chi connectivity index (χ3n) is 2.38. The summed E-state index contributed by atoms with van der Waals surface area (Å²) in [7, 11) is 0. The first kappa shape index (κ1) is 15.7. The van der Waals surface area contributed by atoms with Crippen molar-refractivity contribution in [1.29, 1.82) is 0 Å². The van der Waals surface area contributed by atoms with Gasteiger partial charge in [0, 0.05) is 17.5 Å². The zero-order chi connectivity index (χ0) is 14.6. The van der Waals surface area contributed by atoms with E-state index in [0.29, 0.717) is 0 Å². The third-order valence-corrected chi connectivity index (χ3v) is 3.15. The Kier molecular flexibility index (Phi) is 5.53. The van der Waals surface area contributed by atoms with Gasteiger partial charge < -0.3 is 10.5 Å². The molecule has 1 aromatic carbocycles. The van der Waals surface area contributed by atoms with Crippen LogP contribution in [0.3, 0.4) is 0 Å². The number of nitro groups is 1. The highest BCUT2D eigenvalue weighted by molar-refractivity contribution is 6.37. The summed E-state index contributed by atoms with van der Waals surface area (Å²) in [6, 6.07) is 1.57. The van der Waals surface area contributed by atoms with Gasteiger partial charge in [0.15, 0.2) is 0 Å². The van der Waals surface area contributed by atoms with Gasteiger partial charge in [-0.25, -0.2) is 0 Å². The van der Waals surface area contributed by atoms with Crippen LogP contribution in [-0.2, 0) is 16.0 Å². The zero-order valence-corrected chi connectivity index (χ0v) is 11.6. The maximum atomic E-state index is 11.4. The Bertz CT molecular complexity index is 508. The van der Waals surface area contributed by atoms with Gasteiger partial charge >= 0.3 is 5.97 Å². The molecule has 0 saturated carbocycles. The van der Waals surface area contributed by atoms with Gasteiger partial charge in [0.05, 0.1) is 11.5 Å². The van der Waals surface area contributed by atoms with Crippen LogP contribution in [0.1, 0.15) is 12.5 Å². The van der Waals surface area contributed by atoms with E-state index in [4.69, 9.17) is 33.7 Å². The molecule has 1 rings (SSSR count). The summed E-state index contributed by atoms with van der Waals surface area (Å²) < 4.78 is 4.75. The highest BCUT2D eigenvalue weighted by atomic mass is 35.5. The summed E-state index contributed by atoms with van der Waals surface area (Å²) in [4.78, 5) is 21.6. The summed E-state index contributed by atoms with van der Waals surface area (Å²) in [5.74, 6) is -0.610. The fourth-order valence-corrected chi connectivity index (χ4v) is 2.06. The third kappa shape index (κ3) is 3.79. The number of nitrogens with zero attached hydrogens (tertiary/aromatic N) is 1. The molecule has 0 saturated heterocycles. The van der Waals surface area contributed by atoms with Gasteiger partial charge in [-0.15, -0.1) is 0 Å². The Labute approximate surface area is 119 Å². The fourth-order valence-electron chi connectivity index (χ4n) is 1.47. The molecular weight excluding hydrogens is 295 g/mol. The smallest absolute Gasteiger partial charge is 0.323 e. The summed E-state index contributed by atoms with van der Waals surface area (Å²) in [5, 5.41) is 10.9. The molecule has 0 spiro atoms. The van der Waals surface area contributed by atoms with Crippen molar-refractivity contribution < 1.29 is 14.5 Å². The van der Waals surface area contributed by atoms with Crippen molar-refractivity contribution in [3.63, 3.8) is 0 Å². The van der Waals surface area contributed by atoms with E-state index in [1.165, 1.54) is 12.1 Å². The number of esters is 1. The Morgan fingerprint density at radius 2 is 2.16 bits per heavy atom. The van der Waals surface area contributed by atoms with Crippen molar-refractivity contribution in [1.82, 2.24) is 0 Å². The van der Waals surface area contributed by atoms with Gasteiger partial charge in [0.25, 0.3) is 5.69 Å². The van der Waals surface area contributed by atoms with Crippen LogP contribution in [0.15, 0.2) is 12.1 Å². The van der Waals surface area contributed by atoms with Crippen molar-refractivity contribution in [3.05, 3.63) is 37.9 Å². The van der Waals surface area contributed by atoms with Crippen LogP contribution in [0.25, 0.3) is 0 Å². The van der Waals surface area contributed by atoms with Gasteiger partial charge in [0.1, 0.15) is 11.1 Å². The lowest BCUT2D eigenvalue weighted by Crippen LogP contribution is -2.34. The molecule has 0 aliphatic carbocycles. The maximum Gasteiger partial charge on any atom is 0.323 e. The average molecular weight is 307 g/mol. The quantitative estimate of drug-likeness (QED) is 0.511. The number of ether oxygens (including phenoxy) is 1. The lowest BCUT2D eigenvalue weighted by Gasteiger charge is -2.12. The SMILES string of the molecule is CCOC(=O)C(N)Cc1c(Cl)ccc([N+](=O)[O-])c1Cl. The van der Waals surface area contributed by atoms with E-state index in [1.54, 1.807) is 6.92 Å². The molecule has 0 aromatic heterocycles. The molecular formula is C11H12Cl2N2O4. The van der Waals surface area contributed by atoms with Gasteiger partial charge in [-0.2, -0.15) is 0 Å². The minimum Gasteiger partial charge on any atom is -0.465 e. The Hall–Kier alpha value is -1.37. The first-order valence-corrected chi connectivity index (χ1v) is 6.17. The van der Waals surface area contributed by atoms with Gasteiger partial charge in [-0.1, -0.05) is 23.2 Å². The molecule has 8 heteroatoms. The van der Waals surface area contributed by atoms with Crippen LogP contribution in [-0.4, -0.2) is 23.5 Å². The van der Waals surface area contributed by atoms with E-state index < -0.39 is 16.9 Å². The van der Waals surface area contributed by atoms with E-state index in [0.717, 1.165) is 0 Å². The number of benzene rings is 1. The molecule has 0 aliphatic heterocycles. The number of nitro benzene ring substituents is 1. The fraction of sp³-hybridized carbons (Fsp3) is 0.364. The second kappa shape index (κ2) is 6.70. The average Bonchev–Trinajstić information content (AvgIpc) is 2.33. The van der Waals surface area contributed by atoms with E-state index in [2.05, 4.69) is 0 Å². The molecule has 1 aromatic rings. The first-order chi connectivity index (χ1) is 8.88. The second-order valence-electron chi connectivity index (χ2n) is 3.68. The zero-order valence-electron chi connectivity index (χ0n) is 10.1. The van der Waals surface area contributed by atoms with Crippen molar-refractivity contribution in [2.24, 2.45) is 5.73 Å². The second-order valence-corrected chi connectivity index (χ2v) is 4.46. The number of carbonyl (C=O) groups is 1. The first-order valence-electron chi connectivity index (χ1n) is 5.42. The Morgan fingerprint density at radius 3 is 2.68 bits per heavy atom. The molecule has 0 amide bonds. The highest BCUT2D eigenvalue weighted by Gasteiger charge is 2.23. The number of nitrogens with two attached hydrogens (primary N) is 1. The largest absolute Gasteiger partial charge is 0.465 e. The number of halogens is 2. The van der Waals surface area contributed by atoms with Gasteiger partial charge in [-0.05, 0) is 18.6 Å². The van der Waals surface area contributed by atoms with Crippen molar-refractivity contribution in [2.45, 2.75) is 19.4 Å². The molecule has 1 unspecified atom stereocenters. The van der Waals surface area contributed by atoms with Crippen molar-refractivity contribution in [2.75, 3.05) is 6.61 Å². The predicted octanol–water partition coefficient (Wildman–Crippen LogP) is 2.33. The summed E-state index contributed by atoms with van der Waals surface area (Å²) in [5.41, 5.74) is 5.62. The molecule has 0 heterocycles. The monoisotopic (exact) mass is 306 g/mol. The van der Waals surface area contributed by atoms with E-state index >= 15 is 0 Å². The minimum atomic E-state index is -0.975. The van der Waals surface area contributed by atoms with Crippen molar-refractivity contribution >= 4 is 34.9 Å². The van der Waals surface area contributed by atoms with Crippen LogP contribution >= 0.6 is 23.2 Å². The van der Waals surface area contributed by atoms with E-state index in [-0.39, 0.29) is 34.3 Å². The van der Waals surface area contributed by atoms with E-state index in [9.17, 15) is 14.9 Å². The molecule has 0 fully saturated rings. The van der Waals surface area contributed by atoms with Crippen molar-refractivity contribution in [3.8, 4) is 0 Å². The van der Waals surface area contributed by atoms with Crippen LogP contribution in [0.2, 0.25) is 10.0 Å². The Balaban J connectivity index is 3.03. The van der Waals surface area contributed by atoms with Crippen LogP contribution < -0.4 is 5.73 Å². The Morgan fingerprint density at radius 1 is 1.53 bits per heavy atom. The van der Waals surface area contributed by atoms with Crippen LogP contribution in [0.5, 0.6) is 0 Å². The molecule has 0 radical (unpaired) electrons. The lowest BCUT2D eigenvalue weighted by atomic mass is 10.1. The molecule has 0 bridgehead atoms. The van der Waals surface area contributed by atoms with Crippen LogP contribution in [0.4, 0.5) is 5.69 Å². The van der Waals surface area contributed by atoms with E-state index in [1.807, 2.05) is 0 Å². The predicted molar refractivity (Wildman–Crippen MR) is 71.4 cm³/mol. The van der Waals surface area contributed by atoms with Gasteiger partial charge in [0.2, 0.25) is 0 Å². The molecule has 6 nitrogen and oxygen atoms in total. The van der Waals surface area contributed by atoms with Gasteiger partial charge in [-0.3, -0.25) is 14.9 Å². The lowest BCUT2D eigenvalue weighted by molar-refractivity contribution is -0.384. The summed E-state index contributed by atoms with van der Waals surface area (Å²) in [6.07, 6.45) is -0.0296. The molecule has 104 valence electrons. The normalized spacial score (nSPS) is 12.0. The van der Waals surface area contributed by atoms with Crippen LogP contribution in [0, 0.1) is 10.1 Å². The number of rotatable bonds is 5. The molecule has 2 N–H and O–H groups in total. The molecule has 19 heavy (non-hydrogen) atoms. The standard InChI is InChI=1S/C11H12Cl2N2O4/c1-2-19-11(16)8(14)5-6-7(12)3-4-9(10(6)13)15(17)18/h3-4,8H,2,5,14H2,1H3. The molecule has 1 atom stereocenters. The minimum absolute atomic E-state index is 0.0296. The maximum absolute atomic E-state index is 11.4. The summed E-state index contributed by atoms with van der Waals surface area (Å²) in [6.45, 7) is 1.85. The highest BCUT2D eigenvalue weighted by Crippen LogP contribution is 2.33. The number of hydrogen-bond acceptors (Lipinski definition) is 5. The summed E-state index contributed by atoms with van der Waals surface area (Å²) >= 11 is 11.8. The number of hydrogen-bond donors (Lipinski definition) is 1.